The first kappa shape index (κ1) is 15.3. The summed E-state index contributed by atoms with van der Waals surface area (Å²) in [6.45, 7) is 3.93. The predicted molar refractivity (Wildman–Crippen MR) is 77.2 cm³/mol. The van der Waals surface area contributed by atoms with E-state index in [0.29, 0.717) is 10.7 Å². The first-order valence-corrected chi connectivity index (χ1v) is 7.35. The van der Waals surface area contributed by atoms with Crippen LogP contribution in [0.1, 0.15) is 11.4 Å². The zero-order chi connectivity index (χ0) is 15.4. The van der Waals surface area contributed by atoms with Gasteiger partial charge in [0.25, 0.3) is 0 Å². The molecular weight excluding hydrogens is 294 g/mol. The zero-order valence-corrected chi connectivity index (χ0v) is 12.5. The molecule has 0 aliphatic rings. The molecule has 0 aliphatic carbocycles. The maximum absolute atomic E-state index is 11.9. The lowest BCUT2D eigenvalue weighted by Gasteiger charge is -2.05. The van der Waals surface area contributed by atoms with Gasteiger partial charge in [-0.2, -0.15) is 0 Å². The topological polar surface area (TPSA) is 87.3 Å². The van der Waals surface area contributed by atoms with Crippen molar-refractivity contribution in [2.24, 2.45) is 0 Å². The molecule has 1 unspecified atom stereocenters. The van der Waals surface area contributed by atoms with Gasteiger partial charge in [0.2, 0.25) is 0 Å². The number of imidazole rings is 1. The third-order valence-electron chi connectivity index (χ3n) is 2.94. The molecule has 1 aromatic heterocycles. The van der Waals surface area contributed by atoms with E-state index in [9.17, 15) is 14.3 Å². The molecule has 0 N–H and O–H groups in total. The van der Waals surface area contributed by atoms with Crippen LogP contribution in [-0.4, -0.2) is 25.3 Å². The van der Waals surface area contributed by atoms with Crippen LogP contribution in [-0.2, 0) is 21.8 Å². The fraction of sp³-hybridized carbons (Fsp3) is 0.308. The fourth-order valence-electron chi connectivity index (χ4n) is 1.80. The third-order valence-corrected chi connectivity index (χ3v) is 3.98. The van der Waals surface area contributed by atoms with E-state index in [4.69, 9.17) is 4.18 Å². The van der Waals surface area contributed by atoms with Crippen LogP contribution in [0.15, 0.2) is 35.4 Å². The summed E-state index contributed by atoms with van der Waals surface area (Å²) in [6, 6.07) is 7.16. The van der Waals surface area contributed by atoms with Gasteiger partial charge in [0.15, 0.2) is 16.9 Å². The highest BCUT2D eigenvalue weighted by atomic mass is 32.2. The highest BCUT2D eigenvalue weighted by Gasteiger charge is 2.17. The van der Waals surface area contributed by atoms with Crippen molar-refractivity contribution in [3.63, 3.8) is 0 Å². The molecule has 1 atom stereocenters. The number of nitrogens with zero attached hydrogens (tertiary/aromatic N) is 3. The average molecular weight is 309 g/mol. The Bertz CT molecular complexity index is 667. The third kappa shape index (κ3) is 3.73. The lowest BCUT2D eigenvalue weighted by Crippen LogP contribution is -2.11. The van der Waals surface area contributed by atoms with Gasteiger partial charge in [0.1, 0.15) is 19.3 Å². The molecule has 0 saturated carbocycles. The molecule has 0 aliphatic heterocycles. The van der Waals surface area contributed by atoms with Crippen molar-refractivity contribution in [3.05, 3.63) is 52.0 Å². The monoisotopic (exact) mass is 309 g/mol. The Labute approximate surface area is 124 Å². The Morgan fingerprint density at radius 1 is 1.33 bits per heavy atom. The average Bonchev–Trinajstić information content (AvgIpc) is 2.81. The molecule has 2 rings (SSSR count). The maximum Gasteiger partial charge on any atom is 0.342 e. The van der Waals surface area contributed by atoms with E-state index in [0.717, 1.165) is 5.56 Å². The van der Waals surface area contributed by atoms with Crippen LogP contribution in [0.25, 0.3) is 0 Å². The molecule has 0 amide bonds. The van der Waals surface area contributed by atoms with Gasteiger partial charge in [0.05, 0.1) is 4.90 Å². The van der Waals surface area contributed by atoms with Crippen LogP contribution in [0.2, 0.25) is 0 Å². The molecule has 0 fully saturated rings. The number of hydrogen-bond acceptors (Lipinski definition) is 5. The summed E-state index contributed by atoms with van der Waals surface area (Å²) in [6.07, 6.45) is 1.20. The molecule has 0 spiro atoms. The van der Waals surface area contributed by atoms with Crippen molar-refractivity contribution < 1.29 is 13.3 Å². The van der Waals surface area contributed by atoms with Crippen molar-refractivity contribution in [1.82, 2.24) is 9.55 Å². The highest BCUT2D eigenvalue weighted by molar-refractivity contribution is 7.80. The maximum atomic E-state index is 11.9. The molecule has 8 heteroatoms. The van der Waals surface area contributed by atoms with Crippen molar-refractivity contribution in [2.45, 2.75) is 25.3 Å². The number of benzene rings is 1. The molecule has 7 nitrogen and oxygen atoms in total. The fourth-order valence-corrected chi connectivity index (χ4v) is 2.52. The smallest absolute Gasteiger partial charge is 0.342 e. The Hall–Kier alpha value is -2.06. The van der Waals surface area contributed by atoms with Crippen molar-refractivity contribution in [3.8, 4) is 0 Å². The number of nitro groups is 1. The van der Waals surface area contributed by atoms with Crippen LogP contribution in [0.3, 0.4) is 0 Å². The predicted octanol–water partition coefficient (Wildman–Crippen LogP) is 2.15. The molecular formula is C13H15N3O4S. The minimum absolute atomic E-state index is 0.0958. The van der Waals surface area contributed by atoms with Crippen molar-refractivity contribution in [1.29, 1.82) is 0 Å². The van der Waals surface area contributed by atoms with Crippen LogP contribution in [0, 0.1) is 24.0 Å². The van der Waals surface area contributed by atoms with Gasteiger partial charge < -0.3 is 10.1 Å². The minimum atomic E-state index is -1.58. The van der Waals surface area contributed by atoms with Crippen LogP contribution >= 0.6 is 0 Å². The van der Waals surface area contributed by atoms with Gasteiger partial charge >= 0.3 is 5.82 Å². The second-order valence-corrected chi connectivity index (χ2v) is 5.62. The standard InChI is InChI=1S/C13H15N3O4S/c1-10-3-5-12(6-4-10)21(19)20-8-7-15-11(2)14-9-13(15)16(17)18/h3-6,9H,7-8H2,1-2H3. The number of rotatable bonds is 6. The molecule has 112 valence electrons. The van der Waals surface area contributed by atoms with E-state index < -0.39 is 16.0 Å². The Morgan fingerprint density at radius 2 is 2.00 bits per heavy atom. The highest BCUT2D eigenvalue weighted by Crippen LogP contribution is 2.14. The first-order chi connectivity index (χ1) is 9.99. The van der Waals surface area contributed by atoms with Gasteiger partial charge in [-0.05, 0) is 24.0 Å². The summed E-state index contributed by atoms with van der Waals surface area (Å²) in [5.74, 6) is 0.420. The van der Waals surface area contributed by atoms with Gasteiger partial charge in [-0.15, -0.1) is 0 Å². The molecule has 2 aromatic rings. The van der Waals surface area contributed by atoms with Crippen LogP contribution < -0.4 is 0 Å². The van der Waals surface area contributed by atoms with Gasteiger partial charge in [-0.1, -0.05) is 17.7 Å². The van der Waals surface area contributed by atoms with E-state index in [2.05, 4.69) is 4.98 Å². The van der Waals surface area contributed by atoms with Crippen molar-refractivity contribution in [2.75, 3.05) is 6.61 Å². The molecule has 21 heavy (non-hydrogen) atoms. The van der Waals surface area contributed by atoms with E-state index in [-0.39, 0.29) is 19.0 Å². The number of hydrogen-bond donors (Lipinski definition) is 0. The largest absolute Gasteiger partial charge is 0.358 e. The molecule has 1 aromatic carbocycles. The SMILES string of the molecule is Cc1ccc(S(=O)OCCn2c([N+](=O)[O-])cnc2C)cc1. The lowest BCUT2D eigenvalue weighted by molar-refractivity contribution is -0.392. The molecule has 0 saturated heterocycles. The molecule has 1 heterocycles. The summed E-state index contributed by atoms with van der Waals surface area (Å²) in [5, 5.41) is 10.8. The summed E-state index contributed by atoms with van der Waals surface area (Å²) in [7, 11) is 0. The summed E-state index contributed by atoms with van der Waals surface area (Å²) in [5.41, 5.74) is 1.07. The number of aromatic nitrogens is 2. The molecule has 0 bridgehead atoms. The van der Waals surface area contributed by atoms with Crippen LogP contribution in [0.5, 0.6) is 0 Å². The quantitative estimate of drug-likeness (QED) is 0.602. The Balaban J connectivity index is 1.95. The van der Waals surface area contributed by atoms with Crippen LogP contribution in [0.4, 0.5) is 5.82 Å². The second-order valence-electron chi connectivity index (χ2n) is 4.44. The van der Waals surface area contributed by atoms with E-state index in [1.807, 2.05) is 19.1 Å². The first-order valence-electron chi connectivity index (χ1n) is 6.27. The van der Waals surface area contributed by atoms with Crippen molar-refractivity contribution >= 4 is 16.9 Å². The second kappa shape index (κ2) is 6.59. The van der Waals surface area contributed by atoms with Gasteiger partial charge in [0, 0.05) is 6.92 Å². The zero-order valence-electron chi connectivity index (χ0n) is 11.7. The summed E-state index contributed by atoms with van der Waals surface area (Å²) < 4.78 is 18.6. The van der Waals surface area contributed by atoms with E-state index in [1.54, 1.807) is 19.1 Å². The van der Waals surface area contributed by atoms with Gasteiger partial charge in [-0.25, -0.2) is 13.8 Å². The van der Waals surface area contributed by atoms with Gasteiger partial charge in [-0.3, -0.25) is 4.18 Å². The van der Waals surface area contributed by atoms with E-state index >= 15 is 0 Å². The summed E-state index contributed by atoms with van der Waals surface area (Å²) >= 11 is -1.58. The van der Waals surface area contributed by atoms with E-state index in [1.165, 1.54) is 10.8 Å². The molecule has 0 radical (unpaired) electrons. The lowest BCUT2D eigenvalue weighted by atomic mass is 10.2. The Kier molecular flexibility index (Phi) is 4.81. The summed E-state index contributed by atoms with van der Waals surface area (Å²) in [4.78, 5) is 14.8. The normalized spacial score (nSPS) is 12.3. The minimum Gasteiger partial charge on any atom is -0.358 e. The Morgan fingerprint density at radius 3 is 2.62 bits per heavy atom. The number of aryl methyl sites for hydroxylation is 2.